The Kier molecular flexibility index (Phi) is 5.81. The van der Waals surface area contributed by atoms with Crippen molar-refractivity contribution in [3.05, 3.63) is 35.1 Å². The monoisotopic (exact) mass is 499 g/mol. The Balaban J connectivity index is 2.39. The van der Waals surface area contributed by atoms with E-state index in [-0.39, 0.29) is 35.4 Å². The third kappa shape index (κ3) is 3.02. The van der Waals surface area contributed by atoms with Crippen LogP contribution >= 0.6 is 22.6 Å². The van der Waals surface area contributed by atoms with E-state index in [1.165, 1.54) is 21.1 Å². The van der Waals surface area contributed by atoms with Crippen LogP contribution in [0.25, 0.3) is 0 Å². The highest BCUT2D eigenvalue weighted by molar-refractivity contribution is 14.1. The molecule has 0 saturated carbocycles. The molecule has 1 aromatic rings. The Morgan fingerprint density at radius 2 is 2.00 bits per heavy atom. The normalized spacial score (nSPS) is 26.1. The molecule has 28 heavy (non-hydrogen) atoms. The van der Waals surface area contributed by atoms with Gasteiger partial charge >= 0.3 is 5.97 Å². The molecule has 0 spiro atoms. The smallest absolute Gasteiger partial charge is 0.308 e. The molecule has 8 heteroatoms. The summed E-state index contributed by atoms with van der Waals surface area (Å²) >= 11 is 2.22. The van der Waals surface area contributed by atoms with Crippen LogP contribution in [0.1, 0.15) is 29.3 Å². The first-order chi connectivity index (χ1) is 13.3. The lowest BCUT2D eigenvalue weighted by molar-refractivity contribution is -0.132. The van der Waals surface area contributed by atoms with Crippen molar-refractivity contribution in [3.8, 4) is 11.5 Å². The van der Waals surface area contributed by atoms with Gasteiger partial charge in [0.15, 0.2) is 28.8 Å². The molecule has 0 heterocycles. The largest absolute Gasteiger partial charge is 0.493 e. The van der Waals surface area contributed by atoms with Crippen molar-refractivity contribution in [1.29, 1.82) is 0 Å². The number of ketones is 2. The molecule has 0 aliphatic heterocycles. The number of carbonyl (C=O) groups excluding carboxylic acids is 3. The zero-order valence-corrected chi connectivity index (χ0v) is 18.3. The predicted octanol–water partition coefficient (Wildman–Crippen LogP) is 2.20. The number of methoxy groups -OCH3 is 2. The second kappa shape index (κ2) is 7.82. The quantitative estimate of drug-likeness (QED) is 0.288. The Labute approximate surface area is 176 Å². The molecule has 0 radical (unpaired) electrons. The fourth-order valence-electron chi connectivity index (χ4n) is 4.27. The van der Waals surface area contributed by atoms with Gasteiger partial charge in [0.1, 0.15) is 0 Å². The van der Waals surface area contributed by atoms with Gasteiger partial charge in [-0.25, -0.2) is 0 Å². The van der Waals surface area contributed by atoms with Crippen LogP contribution in [-0.4, -0.2) is 49.3 Å². The first-order valence-corrected chi connectivity index (χ1v) is 10.3. The van der Waals surface area contributed by atoms with Crippen molar-refractivity contribution in [2.75, 3.05) is 25.7 Å². The molecule has 3 atom stereocenters. The number of benzene rings is 1. The number of carbonyl (C=O) groups is 3. The summed E-state index contributed by atoms with van der Waals surface area (Å²) < 4.78 is 16.7. The standard InChI is InChI=1S/C20H22INO6/c1-10(23)28-19-14(26-3)6-5-11-16(19)20(9-21)8-13(24)15(27-4)7-12(20)17(22-2)18(11)25/h5-7,12,17,22H,8-9H2,1-4H3/t12?,17-,20+/m1/s1. The first kappa shape index (κ1) is 20.8. The lowest BCUT2D eigenvalue weighted by Crippen LogP contribution is -2.57. The highest BCUT2D eigenvalue weighted by Gasteiger charge is 2.56. The number of fused-ring (bicyclic) bond motifs is 3. The molecular formula is C20H22INO6. The van der Waals surface area contributed by atoms with Gasteiger partial charge in [-0.2, -0.15) is 0 Å². The highest BCUT2D eigenvalue weighted by Crippen LogP contribution is 2.54. The van der Waals surface area contributed by atoms with Crippen molar-refractivity contribution < 1.29 is 28.6 Å². The number of esters is 1. The minimum atomic E-state index is -0.740. The summed E-state index contributed by atoms with van der Waals surface area (Å²) in [6.07, 6.45) is 1.86. The third-order valence-electron chi connectivity index (χ3n) is 5.48. The van der Waals surface area contributed by atoms with Gasteiger partial charge < -0.3 is 19.5 Å². The molecule has 0 amide bonds. The predicted molar refractivity (Wildman–Crippen MR) is 110 cm³/mol. The van der Waals surface area contributed by atoms with Crippen LogP contribution in [0, 0.1) is 5.92 Å². The topological polar surface area (TPSA) is 90.9 Å². The average Bonchev–Trinajstić information content (AvgIpc) is 2.67. The maximum Gasteiger partial charge on any atom is 0.308 e. The van der Waals surface area contributed by atoms with Crippen molar-refractivity contribution in [2.45, 2.75) is 24.8 Å². The fourth-order valence-corrected chi connectivity index (χ4v) is 5.43. The van der Waals surface area contributed by atoms with Crippen molar-refractivity contribution in [1.82, 2.24) is 5.32 Å². The number of halogens is 1. The first-order valence-electron chi connectivity index (χ1n) is 8.81. The summed E-state index contributed by atoms with van der Waals surface area (Å²) in [4.78, 5) is 37.9. The number of likely N-dealkylation sites (N-methyl/N-ethyl adjacent to an activating group) is 1. The van der Waals surface area contributed by atoms with Crippen LogP contribution in [0.2, 0.25) is 0 Å². The van der Waals surface area contributed by atoms with Gasteiger partial charge in [-0.15, -0.1) is 0 Å². The van der Waals surface area contributed by atoms with E-state index < -0.39 is 17.4 Å². The molecule has 1 N–H and O–H groups in total. The Morgan fingerprint density at radius 1 is 1.29 bits per heavy atom. The van der Waals surface area contributed by atoms with Crippen molar-refractivity contribution >= 4 is 40.1 Å². The number of ether oxygens (including phenoxy) is 3. The van der Waals surface area contributed by atoms with Crippen LogP contribution < -0.4 is 14.8 Å². The molecule has 0 saturated heterocycles. The van der Waals surface area contributed by atoms with Gasteiger partial charge in [-0.05, 0) is 25.3 Å². The van der Waals surface area contributed by atoms with Gasteiger partial charge in [0, 0.05) is 40.2 Å². The molecule has 1 unspecified atom stereocenters. The van der Waals surface area contributed by atoms with Gasteiger partial charge in [-0.1, -0.05) is 22.6 Å². The van der Waals surface area contributed by atoms with E-state index in [4.69, 9.17) is 14.2 Å². The minimum absolute atomic E-state index is 0.125. The summed E-state index contributed by atoms with van der Waals surface area (Å²) in [5, 5.41) is 3.10. The van der Waals surface area contributed by atoms with Crippen LogP contribution in [-0.2, 0) is 19.7 Å². The number of allylic oxidation sites excluding steroid dienone is 1. The fraction of sp³-hybridized carbons (Fsp3) is 0.450. The molecule has 2 aliphatic carbocycles. The van der Waals surface area contributed by atoms with E-state index in [9.17, 15) is 14.4 Å². The number of rotatable bonds is 5. The van der Waals surface area contributed by atoms with E-state index in [1.54, 1.807) is 25.3 Å². The molecule has 0 fully saturated rings. The van der Waals surface area contributed by atoms with Gasteiger partial charge in [0.25, 0.3) is 0 Å². The summed E-state index contributed by atoms with van der Waals surface area (Å²) in [5.41, 5.74) is 0.250. The van der Waals surface area contributed by atoms with Gasteiger partial charge in [-0.3, -0.25) is 14.4 Å². The Morgan fingerprint density at radius 3 is 2.54 bits per heavy atom. The molecule has 0 aromatic heterocycles. The molecule has 0 bridgehead atoms. The molecule has 3 rings (SSSR count). The molecule has 2 aliphatic rings. The van der Waals surface area contributed by atoms with Crippen LogP contribution in [0.15, 0.2) is 24.0 Å². The lowest BCUT2D eigenvalue weighted by Gasteiger charge is -2.48. The SMILES string of the molecule is CN[C@H]1C(=O)c2ccc(OC)c(OC(C)=O)c2[C@]2(CI)CC(=O)C(OC)=CC12. The summed E-state index contributed by atoms with van der Waals surface area (Å²) in [6.45, 7) is 1.29. The zero-order chi connectivity index (χ0) is 20.6. The third-order valence-corrected chi connectivity index (χ3v) is 6.84. The number of Topliss-reactive ketones (excluding diaryl/α,β-unsaturated/α-hetero) is 2. The number of hydrogen-bond donors (Lipinski definition) is 1. The summed E-state index contributed by atoms with van der Waals surface area (Å²) in [5.74, 6) is -0.337. The van der Waals surface area contributed by atoms with E-state index in [0.29, 0.717) is 21.3 Å². The maximum atomic E-state index is 13.3. The second-order valence-electron chi connectivity index (χ2n) is 6.89. The van der Waals surface area contributed by atoms with Crippen molar-refractivity contribution in [3.63, 3.8) is 0 Å². The van der Waals surface area contributed by atoms with Crippen molar-refractivity contribution in [2.24, 2.45) is 5.92 Å². The molecule has 7 nitrogen and oxygen atoms in total. The Bertz CT molecular complexity index is 880. The minimum Gasteiger partial charge on any atom is -0.493 e. The number of alkyl halides is 1. The van der Waals surface area contributed by atoms with Crippen LogP contribution in [0.4, 0.5) is 0 Å². The number of hydrogen-bond acceptors (Lipinski definition) is 7. The Hall–Kier alpha value is -1.94. The van der Waals surface area contributed by atoms with E-state index in [2.05, 4.69) is 27.9 Å². The summed E-state index contributed by atoms with van der Waals surface area (Å²) in [6, 6.07) is 2.77. The molecule has 1 aromatic carbocycles. The molecule has 150 valence electrons. The zero-order valence-electron chi connectivity index (χ0n) is 16.1. The van der Waals surface area contributed by atoms with E-state index in [1.807, 2.05) is 0 Å². The van der Waals surface area contributed by atoms with Crippen LogP contribution in [0.5, 0.6) is 11.5 Å². The lowest BCUT2D eigenvalue weighted by atomic mass is 9.57. The summed E-state index contributed by atoms with van der Waals surface area (Å²) in [7, 11) is 4.64. The molecular weight excluding hydrogens is 477 g/mol. The van der Waals surface area contributed by atoms with E-state index >= 15 is 0 Å². The highest BCUT2D eigenvalue weighted by atomic mass is 127. The maximum absolute atomic E-state index is 13.3. The average molecular weight is 499 g/mol. The van der Waals surface area contributed by atoms with Gasteiger partial charge in [0.05, 0.1) is 20.3 Å². The second-order valence-corrected chi connectivity index (χ2v) is 7.66. The van der Waals surface area contributed by atoms with Crippen LogP contribution in [0.3, 0.4) is 0 Å². The van der Waals surface area contributed by atoms with Gasteiger partial charge in [0.2, 0.25) is 0 Å². The van der Waals surface area contributed by atoms with E-state index in [0.717, 1.165) is 0 Å². The number of nitrogens with one attached hydrogen (secondary N) is 1.